The molecule has 0 aliphatic carbocycles. The number of para-hydroxylation sites is 1. The molecule has 1 amide bonds. The van der Waals surface area contributed by atoms with E-state index in [9.17, 15) is 4.79 Å². The number of hydrogen-bond acceptors (Lipinski definition) is 4. The summed E-state index contributed by atoms with van der Waals surface area (Å²) in [5.74, 6) is 1.11. The highest BCUT2D eigenvalue weighted by molar-refractivity contribution is 5.94. The molecule has 1 N–H and O–H groups in total. The fourth-order valence-corrected chi connectivity index (χ4v) is 3.76. The lowest BCUT2D eigenvalue weighted by molar-refractivity contribution is -0.115. The maximum Gasteiger partial charge on any atom is 0.253 e. The molecule has 0 bridgehead atoms. The van der Waals surface area contributed by atoms with Crippen LogP contribution in [-0.2, 0) is 11.2 Å². The minimum Gasteiger partial charge on any atom is -0.325 e. The molecular weight excluding hydrogens is 374 g/mol. The molecule has 152 valence electrons. The van der Waals surface area contributed by atoms with Crippen LogP contribution in [-0.4, -0.2) is 25.5 Å². The van der Waals surface area contributed by atoms with E-state index < -0.39 is 0 Å². The van der Waals surface area contributed by atoms with Gasteiger partial charge in [-0.05, 0) is 51.3 Å². The molecule has 0 unspecified atom stereocenters. The smallest absolute Gasteiger partial charge is 0.253 e. The molecule has 0 radical (unpaired) electrons. The number of rotatable bonds is 4. The van der Waals surface area contributed by atoms with E-state index in [4.69, 9.17) is 0 Å². The maximum atomic E-state index is 12.8. The van der Waals surface area contributed by atoms with Gasteiger partial charge in [0.05, 0.1) is 6.42 Å². The first kappa shape index (κ1) is 19.8. The van der Waals surface area contributed by atoms with Gasteiger partial charge in [-0.2, -0.15) is 4.98 Å². The number of nitrogens with zero attached hydrogens (tertiary/aromatic N) is 4. The van der Waals surface area contributed by atoms with Crippen LogP contribution in [0.3, 0.4) is 0 Å². The second kappa shape index (κ2) is 7.71. The number of benzene rings is 2. The third-order valence-corrected chi connectivity index (χ3v) is 5.52. The molecule has 0 aliphatic heterocycles. The van der Waals surface area contributed by atoms with Gasteiger partial charge >= 0.3 is 0 Å². The summed E-state index contributed by atoms with van der Waals surface area (Å²) in [7, 11) is 0. The average Bonchev–Trinajstić information content (AvgIpc) is 3.12. The van der Waals surface area contributed by atoms with E-state index in [0.717, 1.165) is 44.9 Å². The Bertz CT molecular complexity index is 1250. The van der Waals surface area contributed by atoms with Crippen LogP contribution in [0.15, 0.2) is 42.5 Å². The number of hydrogen-bond donors (Lipinski definition) is 1. The molecule has 30 heavy (non-hydrogen) atoms. The maximum absolute atomic E-state index is 12.8. The van der Waals surface area contributed by atoms with Crippen LogP contribution in [0.4, 0.5) is 5.69 Å². The van der Waals surface area contributed by atoms with Gasteiger partial charge in [0.1, 0.15) is 0 Å². The molecule has 0 saturated carbocycles. The van der Waals surface area contributed by atoms with Crippen molar-refractivity contribution in [3.05, 3.63) is 76.1 Å². The Morgan fingerprint density at radius 1 is 0.900 bits per heavy atom. The van der Waals surface area contributed by atoms with Gasteiger partial charge in [-0.25, -0.2) is 9.50 Å². The van der Waals surface area contributed by atoms with Crippen LogP contribution >= 0.6 is 0 Å². The van der Waals surface area contributed by atoms with Crippen molar-refractivity contribution < 1.29 is 4.79 Å². The average molecular weight is 399 g/mol. The standard InChI is InChI=1S/C24H25N5O/c1-14-9-6-7-12-19(14)23-27-24-25-17(4)20(18(5)29(24)28-23)13-21(30)26-22-15(2)10-8-11-16(22)3/h6-12H,13H2,1-5H3,(H,26,30). The molecule has 0 atom stereocenters. The largest absolute Gasteiger partial charge is 0.325 e. The van der Waals surface area contributed by atoms with Crippen molar-refractivity contribution in [1.82, 2.24) is 19.6 Å². The van der Waals surface area contributed by atoms with Gasteiger partial charge in [0.2, 0.25) is 5.91 Å². The Kier molecular flexibility index (Phi) is 5.08. The van der Waals surface area contributed by atoms with Gasteiger partial charge in [-0.1, -0.05) is 42.5 Å². The fourth-order valence-electron chi connectivity index (χ4n) is 3.76. The van der Waals surface area contributed by atoms with Gasteiger partial charge in [0.15, 0.2) is 5.82 Å². The summed E-state index contributed by atoms with van der Waals surface area (Å²) in [4.78, 5) is 22.0. The lowest BCUT2D eigenvalue weighted by Gasteiger charge is -2.13. The van der Waals surface area contributed by atoms with Gasteiger partial charge < -0.3 is 5.32 Å². The molecule has 6 heteroatoms. The van der Waals surface area contributed by atoms with Crippen molar-refractivity contribution in [3.8, 4) is 11.4 Å². The van der Waals surface area contributed by atoms with E-state index in [-0.39, 0.29) is 12.3 Å². The zero-order valence-corrected chi connectivity index (χ0v) is 17.9. The fraction of sp³-hybridized carbons (Fsp3) is 0.250. The number of anilines is 1. The van der Waals surface area contributed by atoms with E-state index in [1.807, 2.05) is 77.1 Å². The van der Waals surface area contributed by atoms with Crippen LogP contribution in [0, 0.1) is 34.6 Å². The van der Waals surface area contributed by atoms with Gasteiger partial charge in [-0.3, -0.25) is 4.79 Å². The molecule has 2 heterocycles. The van der Waals surface area contributed by atoms with Crippen LogP contribution in [0.1, 0.15) is 33.6 Å². The number of carbonyl (C=O) groups is 1. The normalized spacial score (nSPS) is 11.1. The minimum absolute atomic E-state index is 0.0704. The molecule has 2 aromatic heterocycles. The van der Waals surface area contributed by atoms with Crippen molar-refractivity contribution in [2.75, 3.05) is 5.32 Å². The van der Waals surface area contributed by atoms with Gasteiger partial charge in [0.25, 0.3) is 5.78 Å². The highest BCUT2D eigenvalue weighted by Crippen LogP contribution is 2.23. The summed E-state index contributed by atoms with van der Waals surface area (Å²) < 4.78 is 1.73. The summed E-state index contributed by atoms with van der Waals surface area (Å²) in [5.41, 5.74) is 7.59. The second-order valence-electron chi connectivity index (χ2n) is 7.72. The summed E-state index contributed by atoms with van der Waals surface area (Å²) >= 11 is 0. The van der Waals surface area contributed by atoms with Crippen LogP contribution < -0.4 is 5.32 Å². The Balaban J connectivity index is 1.68. The van der Waals surface area contributed by atoms with Gasteiger partial charge in [0, 0.05) is 28.2 Å². The molecule has 0 saturated heterocycles. The van der Waals surface area contributed by atoms with Crippen molar-refractivity contribution in [2.24, 2.45) is 0 Å². The zero-order valence-electron chi connectivity index (χ0n) is 17.9. The third-order valence-electron chi connectivity index (χ3n) is 5.52. The summed E-state index contributed by atoms with van der Waals surface area (Å²) in [6.07, 6.45) is 0.230. The Labute approximate surface area is 176 Å². The topological polar surface area (TPSA) is 72.2 Å². The SMILES string of the molecule is Cc1ccccc1-c1nc2nc(C)c(CC(=O)Nc3c(C)cccc3C)c(C)n2n1. The van der Waals surface area contributed by atoms with Crippen molar-refractivity contribution >= 4 is 17.4 Å². The van der Waals surface area contributed by atoms with E-state index in [1.54, 1.807) is 4.52 Å². The third kappa shape index (κ3) is 3.56. The van der Waals surface area contributed by atoms with Crippen molar-refractivity contribution in [1.29, 1.82) is 0 Å². The first-order valence-corrected chi connectivity index (χ1v) is 10.00. The summed E-state index contributed by atoms with van der Waals surface area (Å²) in [6, 6.07) is 14.0. The molecule has 6 nitrogen and oxygen atoms in total. The first-order valence-electron chi connectivity index (χ1n) is 10.00. The predicted octanol–water partition coefficient (Wildman–Crippen LogP) is 4.51. The Hall–Kier alpha value is -3.54. The van der Waals surface area contributed by atoms with E-state index in [1.165, 1.54) is 0 Å². The highest BCUT2D eigenvalue weighted by atomic mass is 16.1. The number of aromatic nitrogens is 4. The van der Waals surface area contributed by atoms with E-state index >= 15 is 0 Å². The Morgan fingerprint density at radius 3 is 2.27 bits per heavy atom. The molecule has 4 rings (SSSR count). The second-order valence-corrected chi connectivity index (χ2v) is 7.72. The number of carbonyl (C=O) groups excluding carboxylic acids is 1. The van der Waals surface area contributed by atoms with Crippen LogP contribution in [0.5, 0.6) is 0 Å². The molecular formula is C24H25N5O. The lowest BCUT2D eigenvalue weighted by atomic mass is 10.1. The summed E-state index contributed by atoms with van der Waals surface area (Å²) in [5, 5.41) is 7.73. The zero-order chi connectivity index (χ0) is 21.4. The lowest BCUT2D eigenvalue weighted by Crippen LogP contribution is -2.19. The molecule has 0 fully saturated rings. The first-order chi connectivity index (χ1) is 14.3. The van der Waals surface area contributed by atoms with Gasteiger partial charge in [-0.15, -0.1) is 5.10 Å². The van der Waals surface area contributed by atoms with Crippen LogP contribution in [0.2, 0.25) is 0 Å². The number of amides is 1. The summed E-state index contributed by atoms with van der Waals surface area (Å²) in [6.45, 7) is 9.90. The molecule has 0 aliphatic rings. The number of aryl methyl sites for hydroxylation is 5. The van der Waals surface area contributed by atoms with Crippen molar-refractivity contribution in [2.45, 2.75) is 41.0 Å². The quantitative estimate of drug-likeness (QED) is 0.548. The molecule has 2 aromatic carbocycles. The monoisotopic (exact) mass is 399 g/mol. The number of fused-ring (bicyclic) bond motifs is 1. The molecule has 0 spiro atoms. The Morgan fingerprint density at radius 2 is 1.57 bits per heavy atom. The predicted molar refractivity (Wildman–Crippen MR) is 119 cm³/mol. The van der Waals surface area contributed by atoms with Crippen LogP contribution in [0.25, 0.3) is 17.2 Å². The highest BCUT2D eigenvalue weighted by Gasteiger charge is 2.18. The van der Waals surface area contributed by atoms with E-state index in [0.29, 0.717) is 11.6 Å². The number of nitrogens with one attached hydrogen (secondary N) is 1. The van der Waals surface area contributed by atoms with E-state index in [2.05, 4.69) is 20.4 Å². The minimum atomic E-state index is -0.0704. The molecule has 4 aromatic rings. The van der Waals surface area contributed by atoms with Crippen molar-refractivity contribution in [3.63, 3.8) is 0 Å².